The molecule has 0 saturated carbocycles. The summed E-state index contributed by atoms with van der Waals surface area (Å²) in [4.78, 5) is 24.0. The Labute approximate surface area is 88.4 Å². The minimum atomic E-state index is 0.519. The van der Waals surface area contributed by atoms with Gasteiger partial charge in [-0.2, -0.15) is 4.37 Å². The zero-order valence-corrected chi connectivity index (χ0v) is 8.62. The van der Waals surface area contributed by atoms with Gasteiger partial charge in [0.2, 0.25) is 0 Å². The molecule has 14 heavy (non-hydrogen) atoms. The molecule has 0 aliphatic carbocycles. The second-order valence-corrected chi connectivity index (χ2v) is 3.65. The maximum atomic E-state index is 9.84. The number of aromatic nitrogens is 2. The maximum absolute atomic E-state index is 9.84. The van der Waals surface area contributed by atoms with Gasteiger partial charge in [0.15, 0.2) is 12.6 Å². The molecule has 0 atom stereocenters. The zero-order chi connectivity index (χ0) is 10.2. The van der Waals surface area contributed by atoms with Crippen LogP contribution >= 0.6 is 22.9 Å². The molecule has 0 amide bonds. The van der Waals surface area contributed by atoms with Crippen molar-refractivity contribution < 1.29 is 9.59 Å². The van der Waals surface area contributed by atoms with Gasteiger partial charge in [-0.15, -0.1) is 11.3 Å². The van der Waals surface area contributed by atoms with Crippen LogP contribution in [0.2, 0.25) is 0 Å². The van der Waals surface area contributed by atoms with Crippen molar-refractivity contribution in [1.82, 2.24) is 9.36 Å². The van der Waals surface area contributed by atoms with Crippen molar-refractivity contribution in [2.75, 3.05) is 0 Å². The minimum Gasteiger partial charge on any atom is -0.297 e. The van der Waals surface area contributed by atoms with Crippen LogP contribution in [0.3, 0.4) is 0 Å². The van der Waals surface area contributed by atoms with Crippen LogP contribution in [0.1, 0.15) is 20.2 Å². The predicted octanol–water partition coefficient (Wildman–Crippen LogP) is 1.91. The normalized spacial score (nSPS) is 8.57. The van der Waals surface area contributed by atoms with E-state index in [1.165, 1.54) is 29.1 Å². The van der Waals surface area contributed by atoms with E-state index in [1.807, 2.05) is 0 Å². The molecule has 2 heterocycles. The van der Waals surface area contributed by atoms with Gasteiger partial charge >= 0.3 is 0 Å². The van der Waals surface area contributed by atoms with E-state index in [9.17, 15) is 9.59 Å². The summed E-state index contributed by atoms with van der Waals surface area (Å²) < 4.78 is 3.71. The highest BCUT2D eigenvalue weighted by molar-refractivity contribution is 7.11. The van der Waals surface area contributed by atoms with Gasteiger partial charge in [-0.3, -0.25) is 14.6 Å². The van der Waals surface area contributed by atoms with Crippen molar-refractivity contribution in [3.63, 3.8) is 0 Å². The van der Waals surface area contributed by atoms with Gasteiger partial charge in [-0.05, 0) is 17.6 Å². The average molecular weight is 226 g/mol. The fourth-order valence-corrected chi connectivity index (χ4v) is 1.47. The Morgan fingerprint density at radius 2 is 2.14 bits per heavy atom. The van der Waals surface area contributed by atoms with E-state index in [0.29, 0.717) is 10.6 Å². The highest BCUT2D eigenvalue weighted by Gasteiger charge is 1.85. The SMILES string of the molecule is O=Cc1ccsn1.O=Cc1cncs1. The van der Waals surface area contributed by atoms with Gasteiger partial charge in [0, 0.05) is 11.6 Å². The summed E-state index contributed by atoms with van der Waals surface area (Å²) in [6, 6.07) is 1.68. The molecule has 0 fully saturated rings. The Morgan fingerprint density at radius 1 is 1.29 bits per heavy atom. The lowest BCUT2D eigenvalue weighted by atomic mass is 10.5. The van der Waals surface area contributed by atoms with Gasteiger partial charge in [0.05, 0.1) is 10.4 Å². The molecule has 0 unspecified atom stereocenters. The lowest BCUT2D eigenvalue weighted by Gasteiger charge is -1.64. The fourth-order valence-electron chi connectivity index (χ4n) is 0.566. The highest BCUT2D eigenvalue weighted by Crippen LogP contribution is 1.99. The molecule has 2 aromatic rings. The van der Waals surface area contributed by atoms with Gasteiger partial charge in [-0.25, -0.2) is 0 Å². The van der Waals surface area contributed by atoms with Crippen molar-refractivity contribution in [2.45, 2.75) is 0 Å². The molecule has 0 radical (unpaired) electrons. The van der Waals surface area contributed by atoms with E-state index in [2.05, 4.69) is 9.36 Å². The summed E-state index contributed by atoms with van der Waals surface area (Å²) in [5, 5.41) is 1.77. The van der Waals surface area contributed by atoms with Crippen LogP contribution in [-0.2, 0) is 0 Å². The van der Waals surface area contributed by atoms with Crippen molar-refractivity contribution in [3.05, 3.63) is 33.7 Å². The van der Waals surface area contributed by atoms with E-state index < -0.39 is 0 Å². The van der Waals surface area contributed by atoms with E-state index >= 15 is 0 Å². The summed E-state index contributed by atoms with van der Waals surface area (Å²) in [5.74, 6) is 0. The monoisotopic (exact) mass is 226 g/mol. The molecule has 2 aromatic heterocycles. The van der Waals surface area contributed by atoms with Crippen LogP contribution in [0.5, 0.6) is 0 Å². The van der Waals surface area contributed by atoms with Gasteiger partial charge < -0.3 is 0 Å². The number of hydrogen-bond acceptors (Lipinski definition) is 6. The minimum absolute atomic E-state index is 0.519. The first-order valence-corrected chi connectivity index (χ1v) is 5.27. The van der Waals surface area contributed by atoms with Crippen molar-refractivity contribution in [3.8, 4) is 0 Å². The molecule has 0 bridgehead atoms. The van der Waals surface area contributed by atoms with Crippen LogP contribution in [-0.4, -0.2) is 21.9 Å². The van der Waals surface area contributed by atoms with Crippen LogP contribution in [0.4, 0.5) is 0 Å². The molecule has 4 nitrogen and oxygen atoms in total. The number of aldehydes is 2. The summed E-state index contributed by atoms with van der Waals surface area (Å²) in [6.45, 7) is 0. The first-order chi connectivity index (χ1) is 6.86. The average Bonchev–Trinajstić information content (AvgIpc) is 2.92. The quantitative estimate of drug-likeness (QED) is 0.734. The fraction of sp³-hybridized carbons (Fsp3) is 0. The van der Waals surface area contributed by atoms with Crippen molar-refractivity contribution in [1.29, 1.82) is 0 Å². The number of hydrogen-bond donors (Lipinski definition) is 0. The molecule has 0 aromatic carbocycles. The second kappa shape index (κ2) is 6.11. The number of carbonyl (C=O) groups excluding carboxylic acids is 2. The van der Waals surface area contributed by atoms with Gasteiger partial charge in [-0.1, -0.05) is 0 Å². The zero-order valence-electron chi connectivity index (χ0n) is 6.99. The molecule has 6 heteroatoms. The lowest BCUT2D eigenvalue weighted by Crippen LogP contribution is -1.71. The first-order valence-electron chi connectivity index (χ1n) is 3.56. The summed E-state index contributed by atoms with van der Waals surface area (Å²) >= 11 is 2.63. The lowest BCUT2D eigenvalue weighted by molar-refractivity contribution is 0.111. The molecule has 0 N–H and O–H groups in total. The molecule has 72 valence electrons. The van der Waals surface area contributed by atoms with E-state index in [0.717, 1.165) is 12.6 Å². The maximum Gasteiger partial charge on any atom is 0.169 e. The largest absolute Gasteiger partial charge is 0.297 e. The number of thiazole rings is 1. The smallest absolute Gasteiger partial charge is 0.169 e. The molecule has 0 aliphatic rings. The molecule has 0 spiro atoms. The van der Waals surface area contributed by atoms with E-state index in [-0.39, 0.29) is 0 Å². The molecular formula is C8H6N2O2S2. The summed E-state index contributed by atoms with van der Waals surface area (Å²) in [5.41, 5.74) is 2.15. The molecule has 0 saturated heterocycles. The number of carbonyl (C=O) groups is 2. The van der Waals surface area contributed by atoms with Gasteiger partial charge in [0.1, 0.15) is 5.69 Å². The third-order valence-corrected chi connectivity index (χ3v) is 2.42. The molecule has 2 rings (SSSR count). The summed E-state index contributed by atoms with van der Waals surface area (Å²) in [6.07, 6.45) is 3.06. The third kappa shape index (κ3) is 3.55. The highest BCUT2D eigenvalue weighted by atomic mass is 32.1. The number of rotatable bonds is 2. The molecular weight excluding hydrogens is 220 g/mol. The second-order valence-electron chi connectivity index (χ2n) is 2.06. The Kier molecular flexibility index (Phi) is 4.66. The number of nitrogens with zero attached hydrogens (tertiary/aromatic N) is 2. The summed E-state index contributed by atoms with van der Waals surface area (Å²) in [7, 11) is 0. The third-order valence-electron chi connectivity index (χ3n) is 1.15. The van der Waals surface area contributed by atoms with Gasteiger partial charge in [0.25, 0.3) is 0 Å². The van der Waals surface area contributed by atoms with E-state index in [4.69, 9.17) is 0 Å². The van der Waals surface area contributed by atoms with E-state index in [1.54, 1.807) is 17.0 Å². The predicted molar refractivity (Wildman–Crippen MR) is 55.0 cm³/mol. The topological polar surface area (TPSA) is 59.9 Å². The van der Waals surface area contributed by atoms with Crippen LogP contribution < -0.4 is 0 Å². The van der Waals surface area contributed by atoms with Crippen LogP contribution in [0, 0.1) is 0 Å². The van der Waals surface area contributed by atoms with Crippen LogP contribution in [0.15, 0.2) is 23.2 Å². The Balaban J connectivity index is 0.000000140. The molecule has 0 aliphatic heterocycles. The Bertz CT molecular complexity index is 332. The Hall–Kier alpha value is -1.40. The Morgan fingerprint density at radius 3 is 2.43 bits per heavy atom. The standard InChI is InChI=1S/2C4H3NOS/c6-2-4-1-5-3-7-4;6-3-4-1-2-7-5-4/h2*1-3H. The van der Waals surface area contributed by atoms with Crippen molar-refractivity contribution >= 4 is 35.4 Å². The van der Waals surface area contributed by atoms with Crippen LogP contribution in [0.25, 0.3) is 0 Å². The first kappa shape index (κ1) is 10.7. The van der Waals surface area contributed by atoms with Crippen molar-refractivity contribution in [2.24, 2.45) is 0 Å².